The summed E-state index contributed by atoms with van der Waals surface area (Å²) >= 11 is 1.93. The van der Waals surface area contributed by atoms with E-state index >= 15 is 0 Å². The number of aliphatic hydroxyl groups excluding tert-OH is 1. The normalized spacial score (nSPS) is 19.1. The number of fused-ring (bicyclic) bond motifs is 1. The number of aryl methyl sites for hydroxylation is 1. The van der Waals surface area contributed by atoms with Gasteiger partial charge < -0.3 is 5.11 Å². The lowest BCUT2D eigenvalue weighted by molar-refractivity contribution is 0.197. The highest BCUT2D eigenvalue weighted by Gasteiger charge is 2.25. The zero-order valence-corrected chi connectivity index (χ0v) is 12.9. The minimum Gasteiger partial charge on any atom is -0.389 e. The van der Waals surface area contributed by atoms with Crippen LogP contribution in [0.3, 0.4) is 0 Å². The zero-order chi connectivity index (χ0) is 14.3. The molecule has 1 aliphatic heterocycles. The van der Waals surface area contributed by atoms with Crippen molar-refractivity contribution in [2.45, 2.75) is 44.2 Å². The smallest absolute Gasteiger partial charge is 0.0797 e. The monoisotopic (exact) mass is 288 g/mol. The standard InChI is InChI=1S/C16H20N2OS/c1-10-16(12(3)19)11(2)18(17-10)8-13-9-20-15-7-5-4-6-14(13)15/h4-7,12-13,19H,8-9H2,1-3H3. The van der Waals surface area contributed by atoms with Crippen molar-refractivity contribution >= 4 is 11.8 Å². The second-order valence-corrected chi connectivity index (χ2v) is 6.55. The van der Waals surface area contributed by atoms with E-state index in [2.05, 4.69) is 41.0 Å². The molecule has 3 rings (SSSR count). The molecule has 1 aromatic heterocycles. The lowest BCUT2D eigenvalue weighted by Crippen LogP contribution is -2.12. The lowest BCUT2D eigenvalue weighted by Gasteiger charge is -2.13. The van der Waals surface area contributed by atoms with E-state index in [1.807, 2.05) is 25.6 Å². The van der Waals surface area contributed by atoms with Crippen molar-refractivity contribution in [3.63, 3.8) is 0 Å². The number of thioether (sulfide) groups is 1. The van der Waals surface area contributed by atoms with Gasteiger partial charge in [-0.25, -0.2) is 0 Å². The van der Waals surface area contributed by atoms with Crippen LogP contribution in [0.1, 0.15) is 41.5 Å². The van der Waals surface area contributed by atoms with Gasteiger partial charge in [-0.15, -0.1) is 11.8 Å². The van der Waals surface area contributed by atoms with Gasteiger partial charge in [-0.3, -0.25) is 4.68 Å². The molecule has 4 heteroatoms. The van der Waals surface area contributed by atoms with Gasteiger partial charge in [0.2, 0.25) is 0 Å². The SMILES string of the molecule is Cc1nn(CC2CSc3ccccc32)c(C)c1C(C)O. The minimum absolute atomic E-state index is 0.450. The van der Waals surface area contributed by atoms with Crippen molar-refractivity contribution in [1.82, 2.24) is 9.78 Å². The summed E-state index contributed by atoms with van der Waals surface area (Å²) in [5, 5.41) is 14.5. The van der Waals surface area contributed by atoms with Gasteiger partial charge in [-0.1, -0.05) is 18.2 Å². The van der Waals surface area contributed by atoms with Crippen LogP contribution in [0.4, 0.5) is 0 Å². The summed E-state index contributed by atoms with van der Waals surface area (Å²) in [5.74, 6) is 1.62. The molecule has 106 valence electrons. The number of aromatic nitrogens is 2. The van der Waals surface area contributed by atoms with Crippen molar-refractivity contribution in [2.75, 3.05) is 5.75 Å². The van der Waals surface area contributed by atoms with Gasteiger partial charge in [0.25, 0.3) is 0 Å². The summed E-state index contributed by atoms with van der Waals surface area (Å²) in [4.78, 5) is 1.40. The Morgan fingerprint density at radius 3 is 2.85 bits per heavy atom. The summed E-state index contributed by atoms with van der Waals surface area (Å²) in [7, 11) is 0. The van der Waals surface area contributed by atoms with E-state index in [0.29, 0.717) is 5.92 Å². The molecule has 0 saturated heterocycles. The van der Waals surface area contributed by atoms with Crippen molar-refractivity contribution in [3.8, 4) is 0 Å². The molecular weight excluding hydrogens is 268 g/mol. The molecule has 2 atom stereocenters. The van der Waals surface area contributed by atoms with E-state index in [0.717, 1.165) is 29.2 Å². The second kappa shape index (κ2) is 5.26. The molecule has 0 aliphatic carbocycles. The maximum atomic E-state index is 9.86. The van der Waals surface area contributed by atoms with Crippen LogP contribution in [-0.2, 0) is 6.54 Å². The number of aliphatic hydroxyl groups is 1. The third kappa shape index (κ3) is 2.27. The highest BCUT2D eigenvalue weighted by Crippen LogP contribution is 2.40. The van der Waals surface area contributed by atoms with Crippen LogP contribution in [0.5, 0.6) is 0 Å². The van der Waals surface area contributed by atoms with Gasteiger partial charge >= 0.3 is 0 Å². The Labute approximate surface area is 124 Å². The van der Waals surface area contributed by atoms with Crippen molar-refractivity contribution < 1.29 is 5.11 Å². The van der Waals surface area contributed by atoms with Crippen LogP contribution in [0.25, 0.3) is 0 Å². The van der Waals surface area contributed by atoms with E-state index < -0.39 is 6.10 Å². The number of hydrogen-bond acceptors (Lipinski definition) is 3. The quantitative estimate of drug-likeness (QED) is 0.940. The first-order valence-electron chi connectivity index (χ1n) is 7.01. The molecule has 0 bridgehead atoms. The van der Waals surface area contributed by atoms with Crippen LogP contribution < -0.4 is 0 Å². The molecular formula is C16H20N2OS. The van der Waals surface area contributed by atoms with Gasteiger partial charge in [-0.2, -0.15) is 5.10 Å². The van der Waals surface area contributed by atoms with Crippen molar-refractivity contribution in [2.24, 2.45) is 0 Å². The molecule has 1 aromatic carbocycles. The maximum absolute atomic E-state index is 9.86. The molecule has 0 saturated carbocycles. The number of hydrogen-bond donors (Lipinski definition) is 1. The number of rotatable bonds is 3. The van der Waals surface area contributed by atoms with E-state index in [1.54, 1.807) is 0 Å². The largest absolute Gasteiger partial charge is 0.389 e. The Bertz CT molecular complexity index is 633. The fourth-order valence-electron chi connectivity index (χ4n) is 3.08. The number of benzene rings is 1. The predicted octanol–water partition coefficient (Wildman–Crippen LogP) is 3.44. The molecule has 2 heterocycles. The Morgan fingerprint density at radius 1 is 1.40 bits per heavy atom. The lowest BCUT2D eigenvalue weighted by atomic mass is 10.0. The molecule has 1 N–H and O–H groups in total. The molecule has 20 heavy (non-hydrogen) atoms. The summed E-state index contributed by atoms with van der Waals surface area (Å²) < 4.78 is 2.06. The highest BCUT2D eigenvalue weighted by molar-refractivity contribution is 7.99. The zero-order valence-electron chi connectivity index (χ0n) is 12.1. The molecule has 3 nitrogen and oxygen atoms in total. The molecule has 1 aliphatic rings. The van der Waals surface area contributed by atoms with E-state index in [-0.39, 0.29) is 0 Å². The topological polar surface area (TPSA) is 38.0 Å². The first-order chi connectivity index (χ1) is 9.58. The summed E-state index contributed by atoms with van der Waals surface area (Å²) in [6, 6.07) is 8.63. The summed E-state index contributed by atoms with van der Waals surface area (Å²) in [5.41, 5.74) is 4.44. The second-order valence-electron chi connectivity index (χ2n) is 5.49. The van der Waals surface area contributed by atoms with Gasteiger partial charge in [0.05, 0.1) is 11.8 Å². The van der Waals surface area contributed by atoms with Crippen LogP contribution in [0.15, 0.2) is 29.2 Å². The molecule has 0 amide bonds. The minimum atomic E-state index is -0.450. The van der Waals surface area contributed by atoms with Crippen molar-refractivity contribution in [1.29, 1.82) is 0 Å². The van der Waals surface area contributed by atoms with Gasteiger partial charge in [0.15, 0.2) is 0 Å². The Kier molecular flexibility index (Phi) is 3.61. The van der Waals surface area contributed by atoms with E-state index in [9.17, 15) is 5.11 Å². The predicted molar refractivity (Wildman–Crippen MR) is 82.2 cm³/mol. The van der Waals surface area contributed by atoms with Gasteiger partial charge in [0.1, 0.15) is 0 Å². The van der Waals surface area contributed by atoms with Crippen LogP contribution in [0, 0.1) is 13.8 Å². The third-order valence-corrected chi connectivity index (χ3v) is 5.30. The van der Waals surface area contributed by atoms with Crippen LogP contribution in [0.2, 0.25) is 0 Å². The highest BCUT2D eigenvalue weighted by atomic mass is 32.2. The van der Waals surface area contributed by atoms with E-state index in [4.69, 9.17) is 0 Å². The van der Waals surface area contributed by atoms with Gasteiger partial charge in [-0.05, 0) is 32.4 Å². The fourth-order valence-corrected chi connectivity index (χ4v) is 4.32. The average Bonchev–Trinajstić information content (AvgIpc) is 2.93. The van der Waals surface area contributed by atoms with E-state index in [1.165, 1.54) is 10.5 Å². The molecule has 0 radical (unpaired) electrons. The Balaban J connectivity index is 1.88. The Hall–Kier alpha value is -1.26. The van der Waals surface area contributed by atoms with Gasteiger partial charge in [0, 0.05) is 34.4 Å². The fraction of sp³-hybridized carbons (Fsp3) is 0.438. The molecule has 2 unspecified atom stereocenters. The number of nitrogens with zero attached hydrogens (tertiary/aromatic N) is 2. The van der Waals surface area contributed by atoms with Crippen LogP contribution in [-0.4, -0.2) is 20.6 Å². The molecule has 2 aromatic rings. The first-order valence-corrected chi connectivity index (χ1v) is 8.00. The van der Waals surface area contributed by atoms with Crippen LogP contribution >= 0.6 is 11.8 Å². The molecule has 0 spiro atoms. The Morgan fingerprint density at radius 2 is 2.15 bits per heavy atom. The van der Waals surface area contributed by atoms with Crippen molar-refractivity contribution in [3.05, 3.63) is 46.8 Å². The summed E-state index contributed by atoms with van der Waals surface area (Å²) in [6.07, 6.45) is -0.450. The average molecular weight is 288 g/mol. The third-order valence-electron chi connectivity index (χ3n) is 4.05. The molecule has 0 fully saturated rings. The first kappa shape index (κ1) is 13.7. The maximum Gasteiger partial charge on any atom is 0.0797 e. The summed E-state index contributed by atoms with van der Waals surface area (Å²) in [6.45, 7) is 6.73.